The number of anilines is 1. The largest absolute Gasteiger partial charge is 0.382 e. The molecule has 0 radical (unpaired) electrons. The van der Waals surface area contributed by atoms with Crippen LogP contribution in [-0.4, -0.2) is 15.7 Å². The Hall–Kier alpha value is -1.91. The van der Waals surface area contributed by atoms with E-state index in [2.05, 4.69) is 5.10 Å². The molecule has 0 atom stereocenters. The lowest BCUT2D eigenvalue weighted by molar-refractivity contribution is 0.0755. The molecular weight excluding hydrogens is 221 g/mol. The molecule has 2 N–H and O–H groups in total. The minimum absolute atomic E-state index is 0.0377. The molecule has 0 fully saturated rings. The van der Waals surface area contributed by atoms with Crippen LogP contribution < -0.4 is 5.73 Å². The highest BCUT2D eigenvalue weighted by Crippen LogP contribution is 2.26. The smallest absolute Gasteiger partial charge is 0.252 e. The number of carbonyl (C=O) groups is 1. The highest BCUT2D eigenvalue weighted by atomic mass is 19.1. The Morgan fingerprint density at radius 1 is 1.41 bits per heavy atom. The van der Waals surface area contributed by atoms with Crippen molar-refractivity contribution in [3.05, 3.63) is 24.0 Å². The number of nitrogens with two attached hydrogens (primary N) is 1. The van der Waals surface area contributed by atoms with Crippen molar-refractivity contribution < 1.29 is 9.18 Å². The molecular formula is C12H14FN3O. The van der Waals surface area contributed by atoms with Gasteiger partial charge in [0.1, 0.15) is 5.82 Å². The first kappa shape index (κ1) is 11.6. The van der Waals surface area contributed by atoms with Gasteiger partial charge in [-0.1, -0.05) is 26.8 Å². The number of halogens is 1. The maximum Gasteiger partial charge on any atom is 0.252 e. The fraction of sp³-hybridized carbons (Fsp3) is 0.333. The fourth-order valence-corrected chi connectivity index (χ4v) is 1.63. The van der Waals surface area contributed by atoms with Gasteiger partial charge in [0, 0.05) is 5.41 Å². The van der Waals surface area contributed by atoms with E-state index in [1.807, 2.05) is 0 Å². The van der Waals surface area contributed by atoms with Crippen LogP contribution >= 0.6 is 0 Å². The Balaban J connectivity index is 2.73. The second-order valence-electron chi connectivity index (χ2n) is 4.99. The SMILES string of the molecule is CC(C)(C)C(=O)n1nc(N)c2c(F)cccc21. The third kappa shape index (κ3) is 1.77. The molecule has 0 spiro atoms. The molecule has 0 unspecified atom stereocenters. The molecule has 1 heterocycles. The fourth-order valence-electron chi connectivity index (χ4n) is 1.63. The van der Waals surface area contributed by atoms with Crippen LogP contribution in [0.3, 0.4) is 0 Å². The summed E-state index contributed by atoms with van der Waals surface area (Å²) < 4.78 is 14.8. The van der Waals surface area contributed by atoms with Crippen molar-refractivity contribution in [2.24, 2.45) is 5.41 Å². The number of nitrogen functional groups attached to an aromatic ring is 1. The molecule has 5 heteroatoms. The van der Waals surface area contributed by atoms with Gasteiger partial charge < -0.3 is 5.73 Å². The minimum Gasteiger partial charge on any atom is -0.382 e. The molecule has 0 saturated carbocycles. The highest BCUT2D eigenvalue weighted by molar-refractivity contribution is 5.98. The van der Waals surface area contributed by atoms with E-state index in [1.165, 1.54) is 16.8 Å². The minimum atomic E-state index is -0.599. The van der Waals surface area contributed by atoms with Crippen LogP contribution in [0.1, 0.15) is 25.6 Å². The predicted octanol–water partition coefficient (Wildman–Crippen LogP) is 2.44. The van der Waals surface area contributed by atoms with Gasteiger partial charge in [-0.15, -0.1) is 5.10 Å². The molecule has 0 amide bonds. The van der Waals surface area contributed by atoms with E-state index in [-0.39, 0.29) is 17.1 Å². The summed E-state index contributed by atoms with van der Waals surface area (Å²) in [6, 6.07) is 4.46. The summed E-state index contributed by atoms with van der Waals surface area (Å²) in [5, 5.41) is 4.12. The van der Waals surface area contributed by atoms with Crippen molar-refractivity contribution in [2.45, 2.75) is 20.8 Å². The van der Waals surface area contributed by atoms with Gasteiger partial charge in [0.25, 0.3) is 5.91 Å². The topological polar surface area (TPSA) is 60.9 Å². The van der Waals surface area contributed by atoms with E-state index in [1.54, 1.807) is 26.8 Å². The summed E-state index contributed by atoms with van der Waals surface area (Å²) in [5.41, 5.74) is 5.44. The van der Waals surface area contributed by atoms with Gasteiger partial charge in [0.15, 0.2) is 5.82 Å². The normalized spacial score (nSPS) is 12.0. The number of hydrogen-bond donors (Lipinski definition) is 1. The summed E-state index contributed by atoms with van der Waals surface area (Å²) >= 11 is 0. The number of hydrogen-bond acceptors (Lipinski definition) is 3. The summed E-state index contributed by atoms with van der Waals surface area (Å²) in [7, 11) is 0. The van der Waals surface area contributed by atoms with Crippen molar-refractivity contribution in [3.63, 3.8) is 0 Å². The lowest BCUT2D eigenvalue weighted by Gasteiger charge is -2.16. The Kier molecular flexibility index (Phi) is 2.41. The first-order valence-corrected chi connectivity index (χ1v) is 5.30. The van der Waals surface area contributed by atoms with Crippen molar-refractivity contribution in [3.8, 4) is 0 Å². The van der Waals surface area contributed by atoms with Crippen molar-refractivity contribution in [1.82, 2.24) is 9.78 Å². The van der Waals surface area contributed by atoms with Gasteiger partial charge in [0.05, 0.1) is 10.9 Å². The molecule has 1 aromatic heterocycles. The maximum absolute atomic E-state index is 13.6. The molecule has 2 rings (SSSR count). The van der Waals surface area contributed by atoms with Crippen molar-refractivity contribution >= 4 is 22.6 Å². The Bertz CT molecular complexity index is 596. The molecule has 4 nitrogen and oxygen atoms in total. The summed E-state index contributed by atoms with van der Waals surface area (Å²) in [6.45, 7) is 5.33. The number of rotatable bonds is 0. The Morgan fingerprint density at radius 2 is 2.06 bits per heavy atom. The van der Waals surface area contributed by atoms with E-state index < -0.39 is 11.2 Å². The number of benzene rings is 1. The monoisotopic (exact) mass is 235 g/mol. The zero-order valence-electron chi connectivity index (χ0n) is 9.99. The van der Waals surface area contributed by atoms with Gasteiger partial charge in [-0.3, -0.25) is 4.79 Å². The highest BCUT2D eigenvalue weighted by Gasteiger charge is 2.26. The molecule has 17 heavy (non-hydrogen) atoms. The number of aromatic nitrogens is 2. The van der Waals surface area contributed by atoms with Crippen LogP contribution in [0.15, 0.2) is 18.2 Å². The third-order valence-electron chi connectivity index (χ3n) is 2.52. The molecule has 2 aromatic rings. The molecule has 1 aromatic carbocycles. The Labute approximate surface area is 98.2 Å². The number of carbonyl (C=O) groups excluding carboxylic acids is 1. The standard InChI is InChI=1S/C12H14FN3O/c1-12(2,3)11(17)16-8-6-4-5-7(13)9(8)10(14)15-16/h4-6H,1-3H3,(H2,14,15). The average Bonchev–Trinajstić information content (AvgIpc) is 2.55. The molecule has 0 aliphatic rings. The molecule has 90 valence electrons. The lowest BCUT2D eigenvalue weighted by Crippen LogP contribution is -2.27. The zero-order valence-corrected chi connectivity index (χ0v) is 9.99. The number of nitrogens with zero attached hydrogens (tertiary/aromatic N) is 2. The van der Waals surface area contributed by atoms with Crippen LogP contribution in [0.2, 0.25) is 0 Å². The Morgan fingerprint density at radius 3 is 2.65 bits per heavy atom. The van der Waals surface area contributed by atoms with Gasteiger partial charge >= 0.3 is 0 Å². The summed E-state index contributed by atoms with van der Waals surface area (Å²) in [4.78, 5) is 12.1. The van der Waals surface area contributed by atoms with Gasteiger partial charge in [-0.05, 0) is 12.1 Å². The number of fused-ring (bicyclic) bond motifs is 1. The lowest BCUT2D eigenvalue weighted by atomic mass is 9.96. The first-order chi connectivity index (χ1) is 7.82. The van der Waals surface area contributed by atoms with Crippen LogP contribution in [0.25, 0.3) is 10.9 Å². The van der Waals surface area contributed by atoms with Gasteiger partial charge in [0.2, 0.25) is 0 Å². The quantitative estimate of drug-likeness (QED) is 0.762. The second-order valence-corrected chi connectivity index (χ2v) is 4.99. The first-order valence-electron chi connectivity index (χ1n) is 5.30. The third-order valence-corrected chi connectivity index (χ3v) is 2.52. The molecule has 0 aliphatic carbocycles. The van der Waals surface area contributed by atoms with Crippen LogP contribution in [0.5, 0.6) is 0 Å². The average molecular weight is 235 g/mol. The van der Waals surface area contributed by atoms with Crippen LogP contribution in [-0.2, 0) is 0 Å². The van der Waals surface area contributed by atoms with Gasteiger partial charge in [-0.25, -0.2) is 4.39 Å². The van der Waals surface area contributed by atoms with Crippen LogP contribution in [0.4, 0.5) is 10.2 Å². The predicted molar refractivity (Wildman–Crippen MR) is 64.2 cm³/mol. The van der Waals surface area contributed by atoms with E-state index in [0.717, 1.165) is 0 Å². The summed E-state index contributed by atoms with van der Waals surface area (Å²) in [6.07, 6.45) is 0. The second kappa shape index (κ2) is 3.55. The zero-order chi connectivity index (χ0) is 12.8. The molecule has 0 bridgehead atoms. The molecule has 0 saturated heterocycles. The van der Waals surface area contributed by atoms with E-state index in [0.29, 0.717) is 5.52 Å². The van der Waals surface area contributed by atoms with E-state index in [9.17, 15) is 9.18 Å². The summed E-state index contributed by atoms with van der Waals surface area (Å²) in [5.74, 6) is -0.645. The maximum atomic E-state index is 13.6. The van der Waals surface area contributed by atoms with Crippen molar-refractivity contribution in [1.29, 1.82) is 0 Å². The van der Waals surface area contributed by atoms with Gasteiger partial charge in [-0.2, -0.15) is 4.68 Å². The van der Waals surface area contributed by atoms with E-state index in [4.69, 9.17) is 5.73 Å². The van der Waals surface area contributed by atoms with Crippen molar-refractivity contribution in [2.75, 3.05) is 5.73 Å². The van der Waals surface area contributed by atoms with E-state index >= 15 is 0 Å². The van der Waals surface area contributed by atoms with Crippen LogP contribution in [0, 0.1) is 11.2 Å². The molecule has 0 aliphatic heterocycles.